The number of hydrogen-bond donors (Lipinski definition) is 3. The van der Waals surface area contributed by atoms with Crippen LogP contribution in [-0.4, -0.2) is 124 Å². The Hall–Kier alpha value is -1.67. The van der Waals surface area contributed by atoms with E-state index in [2.05, 4.69) is 23.9 Å². The maximum absolute atomic E-state index is 13.6. The Morgan fingerprint density at radius 2 is 1.13 bits per heavy atom. The highest BCUT2D eigenvalue weighted by Crippen LogP contribution is 2.33. The maximum atomic E-state index is 13.6. The second-order valence-electron chi connectivity index (χ2n) is 7.87. The van der Waals surface area contributed by atoms with Crippen LogP contribution in [0.5, 0.6) is 0 Å². The summed E-state index contributed by atoms with van der Waals surface area (Å²) in [4.78, 5) is 3.88. The van der Waals surface area contributed by atoms with Gasteiger partial charge in [0, 0.05) is 12.4 Å². The van der Waals surface area contributed by atoms with Gasteiger partial charge in [-0.15, -0.1) is 8.78 Å². The Kier molecular flexibility index (Phi) is 16.9. The first kappa shape index (κ1) is 35.4. The molecule has 17 heteroatoms. The molecular formula is C22H33F6NO10. The molecule has 0 fully saturated rings. The molecule has 1 heterocycles. The largest absolute Gasteiger partial charge is 0.495 e. The van der Waals surface area contributed by atoms with Crippen molar-refractivity contribution < 1.29 is 74.8 Å². The minimum absolute atomic E-state index is 0.0533. The Labute approximate surface area is 220 Å². The summed E-state index contributed by atoms with van der Waals surface area (Å²) >= 11 is 0. The molecule has 39 heavy (non-hydrogen) atoms. The Balaban J connectivity index is 2.17. The highest BCUT2D eigenvalue weighted by Gasteiger charge is 2.52. The van der Waals surface area contributed by atoms with E-state index < -0.39 is 63.8 Å². The van der Waals surface area contributed by atoms with Crippen molar-refractivity contribution in [3.05, 3.63) is 30.1 Å². The van der Waals surface area contributed by atoms with E-state index in [0.717, 1.165) is 5.56 Å². The molecule has 3 N–H and O–H groups in total. The number of halogens is 6. The lowest BCUT2D eigenvalue weighted by atomic mass is 10.2. The van der Waals surface area contributed by atoms with Crippen LogP contribution in [0.2, 0.25) is 0 Å². The van der Waals surface area contributed by atoms with Crippen LogP contribution >= 0.6 is 0 Å². The molecule has 1 aromatic heterocycles. The van der Waals surface area contributed by atoms with E-state index in [1.165, 1.54) is 0 Å². The van der Waals surface area contributed by atoms with Crippen LogP contribution in [0.1, 0.15) is 5.56 Å². The van der Waals surface area contributed by atoms with Crippen molar-refractivity contribution >= 4 is 0 Å². The van der Waals surface area contributed by atoms with Gasteiger partial charge in [0.2, 0.25) is 0 Å². The first-order valence-corrected chi connectivity index (χ1v) is 11.6. The molecule has 0 aliphatic heterocycles. The Bertz CT molecular complexity index is 753. The number of aromatic nitrogens is 1. The van der Waals surface area contributed by atoms with Crippen LogP contribution in [0.25, 0.3) is 0 Å². The number of aliphatic hydroxyl groups is 3. The first-order valence-electron chi connectivity index (χ1n) is 11.6. The summed E-state index contributed by atoms with van der Waals surface area (Å²) < 4.78 is 111. The third-order valence-corrected chi connectivity index (χ3v) is 4.21. The molecule has 228 valence electrons. The number of alkyl halides is 6. The Morgan fingerprint density at radius 1 is 0.667 bits per heavy atom. The monoisotopic (exact) mass is 585 g/mol. The van der Waals surface area contributed by atoms with Gasteiger partial charge in [-0.3, -0.25) is 4.98 Å². The molecule has 0 aromatic carbocycles. The van der Waals surface area contributed by atoms with Crippen LogP contribution < -0.4 is 0 Å². The predicted molar refractivity (Wildman–Crippen MR) is 118 cm³/mol. The van der Waals surface area contributed by atoms with Crippen LogP contribution in [0, 0.1) is 0 Å². The zero-order valence-electron chi connectivity index (χ0n) is 20.9. The summed E-state index contributed by atoms with van der Waals surface area (Å²) in [5.74, 6) is 0. The van der Waals surface area contributed by atoms with Gasteiger partial charge in [-0.2, -0.15) is 17.6 Å². The second-order valence-corrected chi connectivity index (χ2v) is 7.87. The summed E-state index contributed by atoms with van der Waals surface area (Å²) in [6, 6.07) is 3.62. The molecule has 0 radical (unpaired) electrons. The normalized spacial score (nSPS) is 14.5. The number of pyridine rings is 1. The molecule has 1 aromatic rings. The summed E-state index contributed by atoms with van der Waals surface area (Å²) in [7, 11) is 0. The van der Waals surface area contributed by atoms with Gasteiger partial charge < -0.3 is 39.0 Å². The molecule has 0 spiro atoms. The van der Waals surface area contributed by atoms with E-state index in [-0.39, 0.29) is 33.0 Å². The van der Waals surface area contributed by atoms with Crippen LogP contribution in [-0.2, 0) is 39.6 Å². The molecule has 0 aliphatic carbocycles. The quantitative estimate of drug-likeness (QED) is 0.0917. The van der Waals surface area contributed by atoms with Crippen molar-refractivity contribution in [1.82, 2.24) is 4.98 Å². The van der Waals surface area contributed by atoms with Gasteiger partial charge in [-0.25, -0.2) is 9.47 Å². The number of hydrogen-bond acceptors (Lipinski definition) is 11. The predicted octanol–water partition coefficient (Wildman–Crippen LogP) is 1.19. The molecule has 1 rings (SSSR count). The van der Waals surface area contributed by atoms with E-state index in [1.54, 1.807) is 12.4 Å². The van der Waals surface area contributed by atoms with Gasteiger partial charge in [-0.1, -0.05) is 0 Å². The lowest BCUT2D eigenvalue weighted by molar-refractivity contribution is -0.518. The third-order valence-electron chi connectivity index (χ3n) is 4.21. The molecule has 2 atom stereocenters. The maximum Gasteiger partial charge on any atom is 0.495 e. The highest BCUT2D eigenvalue weighted by atomic mass is 19.3. The summed E-state index contributed by atoms with van der Waals surface area (Å²) in [5, 5.41) is 27.6. The van der Waals surface area contributed by atoms with Crippen LogP contribution in [0.4, 0.5) is 26.3 Å². The second kappa shape index (κ2) is 18.6. The van der Waals surface area contributed by atoms with Crippen LogP contribution in [0.3, 0.4) is 0 Å². The summed E-state index contributed by atoms with van der Waals surface area (Å²) in [6.07, 6.45) is -13.5. The number of nitrogens with zero attached hydrogens (tertiary/aromatic N) is 1. The van der Waals surface area contributed by atoms with E-state index in [1.807, 2.05) is 12.1 Å². The van der Waals surface area contributed by atoms with Gasteiger partial charge in [0.25, 0.3) is 0 Å². The van der Waals surface area contributed by atoms with Crippen molar-refractivity contribution in [3.8, 4) is 0 Å². The van der Waals surface area contributed by atoms with Gasteiger partial charge in [0.05, 0.1) is 59.5 Å². The summed E-state index contributed by atoms with van der Waals surface area (Å²) in [6.45, 7) is -5.99. The Morgan fingerprint density at radius 3 is 1.69 bits per heavy atom. The molecular weight excluding hydrogens is 552 g/mol. The van der Waals surface area contributed by atoms with E-state index >= 15 is 0 Å². The van der Waals surface area contributed by atoms with Gasteiger partial charge in [0.1, 0.15) is 25.4 Å². The van der Waals surface area contributed by atoms with Crippen molar-refractivity contribution in [1.29, 1.82) is 0 Å². The van der Waals surface area contributed by atoms with Crippen molar-refractivity contribution in [3.63, 3.8) is 0 Å². The topological polar surface area (TPSA) is 138 Å². The fraction of sp³-hybridized carbons (Fsp3) is 0.773. The highest BCUT2D eigenvalue weighted by molar-refractivity contribution is 5.09. The standard InChI is InChI=1S/C22H33F6NO10/c23-20(24,38-22(27,28)39-21(25,26)16-37-14-19(32)12-34-8-6-30)15-36-10-9-35-13-18(31)11-33-7-3-17-1-4-29-5-2-17/h1-2,4-5,18-19,30-32H,3,6-16H2. The summed E-state index contributed by atoms with van der Waals surface area (Å²) in [5.41, 5.74) is 0.995. The molecule has 0 saturated heterocycles. The average Bonchev–Trinajstić information content (AvgIpc) is 2.83. The van der Waals surface area contributed by atoms with Crippen LogP contribution in [0.15, 0.2) is 24.5 Å². The number of rotatable bonds is 24. The lowest BCUT2D eigenvalue weighted by Gasteiger charge is -2.26. The minimum atomic E-state index is -5.43. The van der Waals surface area contributed by atoms with Gasteiger partial charge in [-0.05, 0) is 24.1 Å². The van der Waals surface area contributed by atoms with Gasteiger partial charge >= 0.3 is 18.5 Å². The zero-order valence-corrected chi connectivity index (χ0v) is 20.9. The average molecular weight is 585 g/mol. The fourth-order valence-electron chi connectivity index (χ4n) is 2.61. The molecule has 2 unspecified atom stereocenters. The third kappa shape index (κ3) is 19.1. The molecule has 0 bridgehead atoms. The van der Waals surface area contributed by atoms with Crippen molar-refractivity contribution in [2.24, 2.45) is 0 Å². The van der Waals surface area contributed by atoms with Crippen molar-refractivity contribution in [2.45, 2.75) is 37.1 Å². The molecule has 0 saturated carbocycles. The van der Waals surface area contributed by atoms with E-state index in [0.29, 0.717) is 13.0 Å². The smallest absolute Gasteiger partial charge is 0.394 e. The van der Waals surface area contributed by atoms with E-state index in [9.17, 15) is 36.6 Å². The number of ether oxygens (including phenoxy) is 7. The molecule has 0 aliphatic rings. The molecule has 0 amide bonds. The van der Waals surface area contributed by atoms with Crippen molar-refractivity contribution in [2.75, 3.05) is 72.7 Å². The SMILES string of the molecule is OCCOCC(O)COCC(F)(F)OC(F)(F)OC(F)(F)COCCOCC(O)COCCc1ccncc1. The minimum Gasteiger partial charge on any atom is -0.394 e. The lowest BCUT2D eigenvalue weighted by Crippen LogP contribution is -2.44. The fourth-order valence-corrected chi connectivity index (χ4v) is 2.61. The van der Waals surface area contributed by atoms with E-state index in [4.69, 9.17) is 19.3 Å². The van der Waals surface area contributed by atoms with Gasteiger partial charge in [0.15, 0.2) is 0 Å². The zero-order chi connectivity index (χ0) is 29.2. The molecule has 11 nitrogen and oxygen atoms in total. The number of aliphatic hydroxyl groups excluding tert-OH is 3. The first-order chi connectivity index (χ1) is 18.3.